The lowest BCUT2D eigenvalue weighted by Gasteiger charge is -2.32. The fourth-order valence-corrected chi connectivity index (χ4v) is 2.63. The SMILES string of the molecule is CNC(=O)C1CCCN(C(=O)c2cccc(NC(N)=O)c2)C1. The van der Waals surface area contributed by atoms with E-state index in [0.717, 1.165) is 12.8 Å². The van der Waals surface area contributed by atoms with Crippen LogP contribution in [0.2, 0.25) is 0 Å². The van der Waals surface area contributed by atoms with Gasteiger partial charge in [-0.25, -0.2) is 4.79 Å². The molecule has 1 aliphatic heterocycles. The largest absolute Gasteiger partial charge is 0.359 e. The van der Waals surface area contributed by atoms with E-state index in [1.54, 1.807) is 36.2 Å². The number of primary amides is 1. The van der Waals surface area contributed by atoms with Gasteiger partial charge in [-0.3, -0.25) is 9.59 Å². The third-order valence-electron chi connectivity index (χ3n) is 3.70. The van der Waals surface area contributed by atoms with E-state index < -0.39 is 6.03 Å². The summed E-state index contributed by atoms with van der Waals surface area (Å²) in [5.41, 5.74) is 6.00. The van der Waals surface area contributed by atoms with Crippen molar-refractivity contribution in [2.24, 2.45) is 11.7 Å². The van der Waals surface area contributed by atoms with Gasteiger partial charge in [-0.2, -0.15) is 0 Å². The molecule has 1 unspecified atom stereocenters. The van der Waals surface area contributed by atoms with Crippen LogP contribution >= 0.6 is 0 Å². The summed E-state index contributed by atoms with van der Waals surface area (Å²) in [5, 5.41) is 5.07. The highest BCUT2D eigenvalue weighted by molar-refractivity contribution is 5.97. The Morgan fingerprint density at radius 2 is 2.09 bits per heavy atom. The minimum absolute atomic E-state index is 0.0401. The van der Waals surface area contributed by atoms with E-state index >= 15 is 0 Å². The zero-order chi connectivity index (χ0) is 16.1. The number of hydrogen-bond acceptors (Lipinski definition) is 3. The minimum Gasteiger partial charge on any atom is -0.359 e. The van der Waals surface area contributed by atoms with Crippen LogP contribution in [0, 0.1) is 5.92 Å². The minimum atomic E-state index is -0.678. The van der Waals surface area contributed by atoms with Crippen molar-refractivity contribution in [1.82, 2.24) is 10.2 Å². The number of nitrogens with two attached hydrogens (primary N) is 1. The molecule has 1 fully saturated rings. The number of nitrogens with zero attached hydrogens (tertiary/aromatic N) is 1. The van der Waals surface area contributed by atoms with Gasteiger partial charge in [-0.15, -0.1) is 0 Å². The Morgan fingerprint density at radius 1 is 1.32 bits per heavy atom. The van der Waals surface area contributed by atoms with E-state index in [2.05, 4.69) is 10.6 Å². The van der Waals surface area contributed by atoms with Crippen molar-refractivity contribution in [3.8, 4) is 0 Å². The summed E-state index contributed by atoms with van der Waals surface area (Å²) in [5.74, 6) is -0.363. The maximum atomic E-state index is 12.5. The summed E-state index contributed by atoms with van der Waals surface area (Å²) in [6.07, 6.45) is 1.58. The number of amides is 4. The van der Waals surface area contributed by atoms with Crippen molar-refractivity contribution in [1.29, 1.82) is 0 Å². The van der Waals surface area contributed by atoms with Crippen molar-refractivity contribution in [3.05, 3.63) is 29.8 Å². The first-order valence-electron chi connectivity index (χ1n) is 7.18. The molecule has 1 saturated heterocycles. The smallest absolute Gasteiger partial charge is 0.316 e. The molecule has 7 heteroatoms. The molecule has 1 aromatic rings. The summed E-state index contributed by atoms with van der Waals surface area (Å²) in [4.78, 5) is 36.8. The molecule has 7 nitrogen and oxygen atoms in total. The first-order valence-corrected chi connectivity index (χ1v) is 7.18. The highest BCUT2D eigenvalue weighted by atomic mass is 16.2. The van der Waals surface area contributed by atoms with Crippen LogP contribution < -0.4 is 16.4 Å². The standard InChI is InChI=1S/C15H20N4O3/c1-17-13(20)11-5-3-7-19(9-11)14(21)10-4-2-6-12(8-10)18-15(16)22/h2,4,6,8,11H,3,5,7,9H2,1H3,(H,17,20)(H3,16,18,22). The monoisotopic (exact) mass is 304 g/mol. The number of likely N-dealkylation sites (tertiary alicyclic amines) is 1. The fraction of sp³-hybridized carbons (Fsp3) is 0.400. The van der Waals surface area contributed by atoms with Gasteiger partial charge in [-0.05, 0) is 31.0 Å². The summed E-state index contributed by atoms with van der Waals surface area (Å²) in [7, 11) is 1.60. The van der Waals surface area contributed by atoms with Crippen LogP contribution in [0.3, 0.4) is 0 Å². The second kappa shape index (κ2) is 6.93. The van der Waals surface area contributed by atoms with Crippen molar-refractivity contribution in [2.45, 2.75) is 12.8 Å². The quantitative estimate of drug-likeness (QED) is 0.768. The molecular weight excluding hydrogens is 284 g/mol. The van der Waals surface area contributed by atoms with Gasteiger partial charge < -0.3 is 21.3 Å². The van der Waals surface area contributed by atoms with Crippen LogP contribution in [0.4, 0.5) is 10.5 Å². The molecule has 0 bridgehead atoms. The number of benzene rings is 1. The first kappa shape index (κ1) is 15.8. The summed E-state index contributed by atoms with van der Waals surface area (Å²) in [6, 6.07) is 5.92. The Bertz CT molecular complexity index is 588. The lowest BCUT2D eigenvalue weighted by Crippen LogP contribution is -2.44. The molecule has 0 spiro atoms. The number of anilines is 1. The number of rotatable bonds is 3. The van der Waals surface area contributed by atoms with E-state index in [1.165, 1.54) is 0 Å². The maximum absolute atomic E-state index is 12.5. The van der Waals surface area contributed by atoms with Crippen molar-refractivity contribution in [2.75, 3.05) is 25.5 Å². The van der Waals surface area contributed by atoms with Crippen molar-refractivity contribution in [3.63, 3.8) is 0 Å². The van der Waals surface area contributed by atoms with Gasteiger partial charge in [0.1, 0.15) is 0 Å². The predicted molar refractivity (Wildman–Crippen MR) is 82.3 cm³/mol. The number of carbonyl (C=O) groups is 3. The molecule has 0 aliphatic carbocycles. The predicted octanol–water partition coefficient (Wildman–Crippen LogP) is 0.775. The van der Waals surface area contributed by atoms with Gasteiger partial charge in [0, 0.05) is 31.4 Å². The van der Waals surface area contributed by atoms with E-state index in [9.17, 15) is 14.4 Å². The first-order chi connectivity index (χ1) is 10.5. The topological polar surface area (TPSA) is 105 Å². The lowest BCUT2D eigenvalue weighted by molar-refractivity contribution is -0.125. The molecule has 118 valence electrons. The Labute approximate surface area is 128 Å². The van der Waals surface area contributed by atoms with Gasteiger partial charge in [0.15, 0.2) is 0 Å². The second-order valence-electron chi connectivity index (χ2n) is 5.27. The third-order valence-corrected chi connectivity index (χ3v) is 3.70. The molecule has 1 heterocycles. The summed E-state index contributed by atoms with van der Waals surface area (Å²) in [6.45, 7) is 1.03. The van der Waals surface area contributed by atoms with Gasteiger partial charge >= 0.3 is 6.03 Å². The molecule has 22 heavy (non-hydrogen) atoms. The van der Waals surface area contributed by atoms with E-state index in [4.69, 9.17) is 5.73 Å². The lowest BCUT2D eigenvalue weighted by atomic mass is 9.96. The highest BCUT2D eigenvalue weighted by Gasteiger charge is 2.28. The van der Waals surface area contributed by atoms with Crippen LogP contribution in [0.25, 0.3) is 0 Å². The molecule has 1 aliphatic rings. The summed E-state index contributed by atoms with van der Waals surface area (Å²) < 4.78 is 0. The average molecular weight is 304 g/mol. The molecule has 0 saturated carbocycles. The van der Waals surface area contributed by atoms with E-state index in [1.807, 2.05) is 0 Å². The second-order valence-corrected chi connectivity index (χ2v) is 5.27. The van der Waals surface area contributed by atoms with Crippen LogP contribution in [0.15, 0.2) is 24.3 Å². The maximum Gasteiger partial charge on any atom is 0.316 e. The van der Waals surface area contributed by atoms with Crippen molar-refractivity contribution >= 4 is 23.5 Å². The van der Waals surface area contributed by atoms with Crippen LogP contribution in [-0.2, 0) is 4.79 Å². The molecule has 0 radical (unpaired) electrons. The molecular formula is C15H20N4O3. The fourth-order valence-electron chi connectivity index (χ4n) is 2.63. The number of piperidine rings is 1. The molecule has 1 aromatic carbocycles. The van der Waals surface area contributed by atoms with Gasteiger partial charge in [0.2, 0.25) is 5.91 Å². The van der Waals surface area contributed by atoms with Crippen LogP contribution in [0.1, 0.15) is 23.2 Å². The zero-order valence-electron chi connectivity index (χ0n) is 12.5. The van der Waals surface area contributed by atoms with E-state index in [0.29, 0.717) is 24.3 Å². The Hall–Kier alpha value is -2.57. The Morgan fingerprint density at radius 3 is 2.77 bits per heavy atom. The normalized spacial score (nSPS) is 17.7. The van der Waals surface area contributed by atoms with Crippen LogP contribution in [-0.4, -0.2) is 42.9 Å². The molecule has 1 atom stereocenters. The van der Waals surface area contributed by atoms with E-state index in [-0.39, 0.29) is 17.7 Å². The van der Waals surface area contributed by atoms with Gasteiger partial charge in [0.05, 0.1) is 5.92 Å². The summed E-state index contributed by atoms with van der Waals surface area (Å²) >= 11 is 0. The molecule has 4 N–H and O–H groups in total. The third kappa shape index (κ3) is 3.75. The highest BCUT2D eigenvalue weighted by Crippen LogP contribution is 2.20. The number of urea groups is 1. The number of hydrogen-bond donors (Lipinski definition) is 3. The Kier molecular flexibility index (Phi) is 4.98. The van der Waals surface area contributed by atoms with Gasteiger partial charge in [-0.1, -0.05) is 6.07 Å². The van der Waals surface area contributed by atoms with Gasteiger partial charge in [0.25, 0.3) is 5.91 Å². The average Bonchev–Trinajstić information content (AvgIpc) is 2.53. The number of carbonyl (C=O) groups excluding carboxylic acids is 3. The zero-order valence-corrected chi connectivity index (χ0v) is 12.5. The molecule has 4 amide bonds. The molecule has 0 aromatic heterocycles. The Balaban J connectivity index is 2.10. The number of nitrogens with one attached hydrogen (secondary N) is 2. The van der Waals surface area contributed by atoms with Crippen molar-refractivity contribution < 1.29 is 14.4 Å². The molecule has 2 rings (SSSR count). The van der Waals surface area contributed by atoms with Crippen LogP contribution in [0.5, 0.6) is 0 Å².